The van der Waals surface area contributed by atoms with Crippen LogP contribution in [0.15, 0.2) is 36.5 Å². The third-order valence-electron chi connectivity index (χ3n) is 2.24. The van der Waals surface area contributed by atoms with Crippen molar-refractivity contribution in [1.82, 2.24) is 4.98 Å². The van der Waals surface area contributed by atoms with E-state index < -0.39 is 10.7 Å². The van der Waals surface area contributed by atoms with Crippen LogP contribution in [0.1, 0.15) is 0 Å². The number of anilines is 3. The molecule has 0 bridgehead atoms. The number of para-hydroxylation sites is 1. The van der Waals surface area contributed by atoms with Crippen molar-refractivity contribution >= 4 is 22.9 Å². The predicted octanol–water partition coefficient (Wildman–Crippen LogP) is 2.45. The zero-order valence-corrected chi connectivity index (χ0v) is 9.13. The summed E-state index contributed by atoms with van der Waals surface area (Å²) >= 11 is 0. The van der Waals surface area contributed by atoms with Crippen LogP contribution in [-0.4, -0.2) is 9.91 Å². The number of hydrogen-bond acceptors (Lipinski definition) is 5. The first-order chi connectivity index (χ1) is 8.58. The summed E-state index contributed by atoms with van der Waals surface area (Å²) in [5, 5.41) is 13.2. The first-order valence-electron chi connectivity index (χ1n) is 4.99. The molecule has 7 heteroatoms. The Bertz CT molecular complexity index is 603. The highest BCUT2D eigenvalue weighted by Crippen LogP contribution is 2.25. The van der Waals surface area contributed by atoms with Gasteiger partial charge in [0.2, 0.25) is 0 Å². The van der Waals surface area contributed by atoms with Gasteiger partial charge in [0.05, 0.1) is 16.3 Å². The lowest BCUT2D eigenvalue weighted by Crippen LogP contribution is -2.01. The van der Waals surface area contributed by atoms with Crippen LogP contribution in [0, 0.1) is 15.9 Å². The molecule has 6 nitrogen and oxygen atoms in total. The SMILES string of the molecule is Nc1cc([N+](=O)[O-])cnc1Nc1ccccc1F. The minimum atomic E-state index is -0.601. The van der Waals surface area contributed by atoms with Crippen LogP contribution in [0.3, 0.4) is 0 Å². The predicted molar refractivity (Wildman–Crippen MR) is 65.0 cm³/mol. The Labute approximate surface area is 101 Å². The van der Waals surface area contributed by atoms with Crippen molar-refractivity contribution in [2.45, 2.75) is 0 Å². The Kier molecular flexibility index (Phi) is 3.05. The van der Waals surface area contributed by atoms with E-state index in [-0.39, 0.29) is 22.9 Å². The van der Waals surface area contributed by atoms with Crippen LogP contribution in [0.2, 0.25) is 0 Å². The Morgan fingerprint density at radius 3 is 2.72 bits per heavy atom. The van der Waals surface area contributed by atoms with Crippen molar-refractivity contribution in [2.75, 3.05) is 11.1 Å². The van der Waals surface area contributed by atoms with E-state index in [1.165, 1.54) is 12.1 Å². The van der Waals surface area contributed by atoms with E-state index in [0.29, 0.717) is 0 Å². The summed E-state index contributed by atoms with van der Waals surface area (Å²) < 4.78 is 13.4. The molecule has 92 valence electrons. The normalized spacial score (nSPS) is 10.1. The highest BCUT2D eigenvalue weighted by molar-refractivity contribution is 5.70. The molecule has 0 amide bonds. The van der Waals surface area contributed by atoms with Crippen molar-refractivity contribution in [1.29, 1.82) is 0 Å². The fraction of sp³-hybridized carbons (Fsp3) is 0. The molecule has 0 saturated heterocycles. The average Bonchev–Trinajstić information content (AvgIpc) is 2.34. The first kappa shape index (κ1) is 11.8. The third-order valence-corrected chi connectivity index (χ3v) is 2.24. The molecular formula is C11H9FN4O2. The van der Waals surface area contributed by atoms with Gasteiger partial charge in [0, 0.05) is 6.07 Å². The number of nitrogens with one attached hydrogen (secondary N) is 1. The monoisotopic (exact) mass is 248 g/mol. The molecule has 0 unspecified atom stereocenters. The van der Waals surface area contributed by atoms with E-state index in [4.69, 9.17) is 5.73 Å². The number of nitrogen functional groups attached to an aromatic ring is 1. The second-order valence-corrected chi connectivity index (χ2v) is 3.49. The number of benzene rings is 1. The molecular weight excluding hydrogens is 239 g/mol. The molecule has 0 spiro atoms. The number of rotatable bonds is 3. The van der Waals surface area contributed by atoms with Gasteiger partial charge in [-0.1, -0.05) is 12.1 Å². The third kappa shape index (κ3) is 2.34. The lowest BCUT2D eigenvalue weighted by Gasteiger charge is -2.08. The summed E-state index contributed by atoms with van der Waals surface area (Å²) in [6.45, 7) is 0. The van der Waals surface area contributed by atoms with Crippen LogP contribution < -0.4 is 11.1 Å². The highest BCUT2D eigenvalue weighted by atomic mass is 19.1. The van der Waals surface area contributed by atoms with Crippen LogP contribution in [0.5, 0.6) is 0 Å². The Hall–Kier alpha value is -2.70. The van der Waals surface area contributed by atoms with Gasteiger partial charge in [-0.2, -0.15) is 0 Å². The number of nitrogens with two attached hydrogens (primary N) is 1. The Morgan fingerprint density at radius 2 is 2.11 bits per heavy atom. The summed E-state index contributed by atoms with van der Waals surface area (Å²) in [5.74, 6) is -0.289. The van der Waals surface area contributed by atoms with Crippen LogP contribution in [0.25, 0.3) is 0 Å². The lowest BCUT2D eigenvalue weighted by atomic mass is 10.3. The van der Waals surface area contributed by atoms with Gasteiger partial charge in [0.15, 0.2) is 5.82 Å². The molecule has 0 saturated carbocycles. The molecule has 1 aromatic heterocycles. The molecule has 18 heavy (non-hydrogen) atoms. The van der Waals surface area contributed by atoms with Crippen molar-refractivity contribution in [2.24, 2.45) is 0 Å². The molecule has 1 heterocycles. The molecule has 3 N–H and O–H groups in total. The second kappa shape index (κ2) is 4.66. The van der Waals surface area contributed by atoms with E-state index in [0.717, 1.165) is 12.3 Å². The molecule has 1 aromatic carbocycles. The van der Waals surface area contributed by atoms with E-state index in [9.17, 15) is 14.5 Å². The first-order valence-corrected chi connectivity index (χ1v) is 4.99. The minimum Gasteiger partial charge on any atom is -0.396 e. The highest BCUT2D eigenvalue weighted by Gasteiger charge is 2.11. The van der Waals surface area contributed by atoms with Crippen LogP contribution >= 0.6 is 0 Å². The summed E-state index contributed by atoms with van der Waals surface area (Å²) in [5.41, 5.74) is 5.66. The molecule has 0 fully saturated rings. The fourth-order valence-electron chi connectivity index (χ4n) is 1.36. The molecule has 2 aromatic rings. The number of pyridine rings is 1. The van der Waals surface area contributed by atoms with Gasteiger partial charge in [-0.25, -0.2) is 9.37 Å². The number of nitro groups is 1. The van der Waals surface area contributed by atoms with Crippen molar-refractivity contribution in [3.05, 3.63) is 52.5 Å². The Balaban J connectivity index is 2.30. The quantitative estimate of drug-likeness (QED) is 0.642. The molecule has 0 aliphatic carbocycles. The second-order valence-electron chi connectivity index (χ2n) is 3.49. The minimum absolute atomic E-state index is 0.0763. The van der Waals surface area contributed by atoms with E-state index in [2.05, 4.69) is 10.3 Å². The summed E-state index contributed by atoms with van der Waals surface area (Å²) in [6, 6.07) is 7.15. The van der Waals surface area contributed by atoms with Gasteiger partial charge in [-0.15, -0.1) is 0 Å². The molecule has 0 radical (unpaired) electrons. The summed E-state index contributed by atoms with van der Waals surface area (Å²) in [7, 11) is 0. The number of aromatic nitrogens is 1. The topological polar surface area (TPSA) is 94.1 Å². The fourth-order valence-corrected chi connectivity index (χ4v) is 1.36. The maximum atomic E-state index is 13.4. The van der Waals surface area contributed by atoms with Gasteiger partial charge >= 0.3 is 0 Å². The summed E-state index contributed by atoms with van der Waals surface area (Å²) in [4.78, 5) is 13.7. The van der Waals surface area contributed by atoms with Gasteiger partial charge in [-0.3, -0.25) is 10.1 Å². The standard InChI is InChI=1S/C11H9FN4O2/c12-8-3-1-2-4-10(8)15-11-9(13)5-7(6-14-11)16(17)18/h1-6H,13H2,(H,14,15). The Morgan fingerprint density at radius 1 is 1.39 bits per heavy atom. The van der Waals surface area contributed by atoms with Gasteiger partial charge in [0.25, 0.3) is 5.69 Å². The van der Waals surface area contributed by atoms with Gasteiger partial charge in [-0.05, 0) is 12.1 Å². The maximum absolute atomic E-state index is 13.4. The zero-order chi connectivity index (χ0) is 13.1. The van der Waals surface area contributed by atoms with E-state index >= 15 is 0 Å². The van der Waals surface area contributed by atoms with E-state index in [1.807, 2.05) is 0 Å². The van der Waals surface area contributed by atoms with Crippen molar-refractivity contribution in [3.8, 4) is 0 Å². The van der Waals surface area contributed by atoms with Gasteiger partial charge in [0.1, 0.15) is 12.0 Å². The largest absolute Gasteiger partial charge is 0.396 e. The van der Waals surface area contributed by atoms with Crippen molar-refractivity contribution < 1.29 is 9.31 Å². The van der Waals surface area contributed by atoms with Crippen LogP contribution in [0.4, 0.5) is 27.3 Å². The summed E-state index contributed by atoms with van der Waals surface area (Å²) in [6.07, 6.45) is 1.06. The number of hydrogen-bond donors (Lipinski definition) is 2. The molecule has 0 aliphatic rings. The van der Waals surface area contributed by atoms with Crippen molar-refractivity contribution in [3.63, 3.8) is 0 Å². The van der Waals surface area contributed by atoms with Gasteiger partial charge < -0.3 is 11.1 Å². The maximum Gasteiger partial charge on any atom is 0.289 e. The molecule has 2 rings (SSSR count). The van der Waals surface area contributed by atoms with E-state index in [1.54, 1.807) is 12.1 Å². The number of nitrogens with zero attached hydrogens (tertiary/aromatic N) is 2. The molecule has 0 aliphatic heterocycles. The average molecular weight is 248 g/mol. The van der Waals surface area contributed by atoms with Crippen LogP contribution in [-0.2, 0) is 0 Å². The molecule has 0 atom stereocenters. The number of halogens is 1. The lowest BCUT2D eigenvalue weighted by molar-refractivity contribution is -0.385. The smallest absolute Gasteiger partial charge is 0.289 e. The zero-order valence-electron chi connectivity index (χ0n) is 9.13.